The van der Waals surface area contributed by atoms with Crippen molar-refractivity contribution >= 4 is 11.6 Å². The standard InChI is InChI=1S/C10H10ClNO/c1-8(12-2)7-13-10-5-3-4-9(11)6-10/h3-6,8H,7H2,1H3. The second-order valence-electron chi connectivity index (χ2n) is 2.75. The Kier molecular flexibility index (Phi) is 3.60. The molecule has 0 heterocycles. The first-order valence-electron chi connectivity index (χ1n) is 3.97. The second-order valence-corrected chi connectivity index (χ2v) is 3.18. The molecule has 0 bridgehead atoms. The number of ether oxygens (including phenoxy) is 1. The van der Waals surface area contributed by atoms with Crippen LogP contribution in [0.25, 0.3) is 4.85 Å². The summed E-state index contributed by atoms with van der Waals surface area (Å²) in [6.45, 7) is 8.96. The molecule has 1 unspecified atom stereocenters. The average molecular weight is 196 g/mol. The topological polar surface area (TPSA) is 13.6 Å². The summed E-state index contributed by atoms with van der Waals surface area (Å²) in [6.07, 6.45) is 0. The van der Waals surface area contributed by atoms with E-state index in [1.165, 1.54) is 0 Å². The third-order valence-electron chi connectivity index (χ3n) is 1.51. The number of hydrogen-bond donors (Lipinski definition) is 0. The summed E-state index contributed by atoms with van der Waals surface area (Å²) in [5, 5.41) is 0.646. The van der Waals surface area contributed by atoms with Crippen molar-refractivity contribution in [3.05, 3.63) is 40.7 Å². The minimum Gasteiger partial charge on any atom is -0.485 e. The molecular formula is C10H10ClNO. The van der Waals surface area contributed by atoms with Gasteiger partial charge in [-0.2, -0.15) is 0 Å². The van der Waals surface area contributed by atoms with Crippen molar-refractivity contribution < 1.29 is 4.74 Å². The Labute approximate surface area is 82.9 Å². The zero-order valence-electron chi connectivity index (χ0n) is 7.33. The van der Waals surface area contributed by atoms with Gasteiger partial charge in [-0.1, -0.05) is 17.7 Å². The van der Waals surface area contributed by atoms with Gasteiger partial charge >= 0.3 is 0 Å². The number of nitrogens with zero attached hydrogens (tertiary/aromatic N) is 1. The molecule has 0 aliphatic heterocycles. The van der Waals surface area contributed by atoms with Crippen LogP contribution in [0.1, 0.15) is 6.92 Å². The lowest BCUT2D eigenvalue weighted by Gasteiger charge is -2.04. The van der Waals surface area contributed by atoms with E-state index in [1.807, 2.05) is 19.1 Å². The maximum Gasteiger partial charge on any atom is 0.254 e. The van der Waals surface area contributed by atoms with Gasteiger partial charge in [0.05, 0.1) is 0 Å². The molecule has 1 aromatic carbocycles. The fraction of sp³-hybridized carbons (Fsp3) is 0.300. The highest BCUT2D eigenvalue weighted by Crippen LogP contribution is 2.17. The third kappa shape index (κ3) is 3.35. The summed E-state index contributed by atoms with van der Waals surface area (Å²) in [5.41, 5.74) is 0. The van der Waals surface area contributed by atoms with Gasteiger partial charge in [0.2, 0.25) is 0 Å². The van der Waals surface area contributed by atoms with Crippen molar-refractivity contribution in [2.45, 2.75) is 13.0 Å². The van der Waals surface area contributed by atoms with Crippen LogP contribution in [0.15, 0.2) is 24.3 Å². The quantitative estimate of drug-likeness (QED) is 0.676. The fourth-order valence-corrected chi connectivity index (χ4v) is 0.991. The molecule has 0 spiro atoms. The van der Waals surface area contributed by atoms with Crippen LogP contribution >= 0.6 is 11.6 Å². The highest BCUT2D eigenvalue weighted by atomic mass is 35.5. The van der Waals surface area contributed by atoms with Crippen molar-refractivity contribution in [3.63, 3.8) is 0 Å². The van der Waals surface area contributed by atoms with E-state index >= 15 is 0 Å². The van der Waals surface area contributed by atoms with E-state index in [1.54, 1.807) is 12.1 Å². The van der Waals surface area contributed by atoms with Gasteiger partial charge in [-0.25, -0.2) is 6.57 Å². The van der Waals surface area contributed by atoms with E-state index in [4.69, 9.17) is 22.9 Å². The molecule has 3 heteroatoms. The Bertz CT molecular complexity index is 319. The Morgan fingerprint density at radius 1 is 1.62 bits per heavy atom. The van der Waals surface area contributed by atoms with Gasteiger partial charge in [0.1, 0.15) is 5.75 Å². The number of halogens is 1. The second kappa shape index (κ2) is 4.74. The number of benzene rings is 1. The molecule has 0 aliphatic carbocycles. The largest absolute Gasteiger partial charge is 0.485 e. The van der Waals surface area contributed by atoms with E-state index in [0.29, 0.717) is 17.4 Å². The van der Waals surface area contributed by atoms with Crippen molar-refractivity contribution in [3.8, 4) is 5.75 Å². The van der Waals surface area contributed by atoms with E-state index in [0.717, 1.165) is 0 Å². The molecule has 2 nitrogen and oxygen atoms in total. The first-order valence-corrected chi connectivity index (χ1v) is 4.35. The van der Waals surface area contributed by atoms with Gasteiger partial charge in [-0.05, 0) is 18.2 Å². The minimum absolute atomic E-state index is 0.112. The van der Waals surface area contributed by atoms with Gasteiger partial charge in [0.15, 0.2) is 6.61 Å². The Hall–Kier alpha value is -1.20. The van der Waals surface area contributed by atoms with Crippen LogP contribution in [-0.2, 0) is 0 Å². The Morgan fingerprint density at radius 3 is 3.00 bits per heavy atom. The van der Waals surface area contributed by atoms with E-state index in [9.17, 15) is 0 Å². The monoisotopic (exact) mass is 195 g/mol. The molecule has 0 aromatic heterocycles. The SMILES string of the molecule is [C-]#[N+]C(C)COc1cccc(Cl)c1. The smallest absolute Gasteiger partial charge is 0.254 e. The van der Waals surface area contributed by atoms with Crippen LogP contribution in [-0.4, -0.2) is 12.6 Å². The summed E-state index contributed by atoms with van der Waals surface area (Å²) in [6, 6.07) is 7.05. The van der Waals surface area contributed by atoms with Gasteiger partial charge in [-0.15, -0.1) is 0 Å². The minimum atomic E-state index is -0.112. The predicted octanol–water partition coefficient (Wildman–Crippen LogP) is 3.03. The molecule has 68 valence electrons. The van der Waals surface area contributed by atoms with Crippen LogP contribution in [0, 0.1) is 6.57 Å². The van der Waals surface area contributed by atoms with Crippen LogP contribution in [0.5, 0.6) is 5.75 Å². The zero-order chi connectivity index (χ0) is 9.68. The highest BCUT2D eigenvalue weighted by Gasteiger charge is 2.04. The van der Waals surface area contributed by atoms with Gasteiger partial charge in [0.25, 0.3) is 6.04 Å². The highest BCUT2D eigenvalue weighted by molar-refractivity contribution is 6.30. The maximum atomic E-state index is 6.74. The van der Waals surface area contributed by atoms with E-state index < -0.39 is 0 Å². The molecule has 0 saturated heterocycles. The molecule has 0 fully saturated rings. The van der Waals surface area contributed by atoms with Gasteiger partial charge in [-0.3, -0.25) is 0 Å². The van der Waals surface area contributed by atoms with Crippen molar-refractivity contribution in [2.24, 2.45) is 0 Å². The third-order valence-corrected chi connectivity index (χ3v) is 1.74. The van der Waals surface area contributed by atoms with E-state index in [2.05, 4.69) is 4.85 Å². The molecule has 1 atom stereocenters. The number of rotatable bonds is 3. The Morgan fingerprint density at radius 2 is 2.38 bits per heavy atom. The van der Waals surface area contributed by atoms with Crippen molar-refractivity contribution in [1.82, 2.24) is 0 Å². The predicted molar refractivity (Wildman–Crippen MR) is 53.0 cm³/mol. The number of hydrogen-bond acceptors (Lipinski definition) is 1. The average Bonchev–Trinajstić information content (AvgIpc) is 2.14. The molecule has 1 aromatic rings. The molecular weight excluding hydrogens is 186 g/mol. The Balaban J connectivity index is 2.51. The lowest BCUT2D eigenvalue weighted by molar-refractivity contribution is 0.310. The van der Waals surface area contributed by atoms with Gasteiger partial charge in [0, 0.05) is 11.9 Å². The fourth-order valence-electron chi connectivity index (χ4n) is 0.811. The summed E-state index contributed by atoms with van der Waals surface area (Å²) >= 11 is 5.75. The summed E-state index contributed by atoms with van der Waals surface area (Å²) in [7, 11) is 0. The first kappa shape index (κ1) is 9.88. The molecule has 13 heavy (non-hydrogen) atoms. The first-order chi connectivity index (χ1) is 6.22. The molecule has 0 aliphatic rings. The maximum absolute atomic E-state index is 6.74. The van der Waals surface area contributed by atoms with Crippen LogP contribution < -0.4 is 4.74 Å². The molecule has 0 saturated carbocycles. The molecule has 0 N–H and O–H groups in total. The lowest BCUT2D eigenvalue weighted by atomic mass is 10.3. The van der Waals surface area contributed by atoms with Gasteiger partial charge < -0.3 is 9.58 Å². The molecule has 1 rings (SSSR count). The normalized spacial score (nSPS) is 11.8. The van der Waals surface area contributed by atoms with E-state index in [-0.39, 0.29) is 6.04 Å². The lowest BCUT2D eigenvalue weighted by Crippen LogP contribution is -2.09. The molecule has 0 amide bonds. The molecule has 0 radical (unpaired) electrons. The van der Waals surface area contributed by atoms with Crippen molar-refractivity contribution in [1.29, 1.82) is 0 Å². The summed E-state index contributed by atoms with van der Waals surface area (Å²) in [5.74, 6) is 0.711. The van der Waals surface area contributed by atoms with Crippen molar-refractivity contribution in [2.75, 3.05) is 6.61 Å². The summed E-state index contributed by atoms with van der Waals surface area (Å²) < 4.78 is 5.34. The zero-order valence-corrected chi connectivity index (χ0v) is 8.08. The van der Waals surface area contributed by atoms with Crippen LogP contribution in [0.2, 0.25) is 5.02 Å². The summed E-state index contributed by atoms with van der Waals surface area (Å²) in [4.78, 5) is 3.32. The van der Waals surface area contributed by atoms with Crippen LogP contribution in [0.3, 0.4) is 0 Å². The van der Waals surface area contributed by atoms with Crippen LogP contribution in [0.4, 0.5) is 0 Å².